The van der Waals surface area contributed by atoms with E-state index in [9.17, 15) is 9.59 Å². The summed E-state index contributed by atoms with van der Waals surface area (Å²) in [7, 11) is 0. The van der Waals surface area contributed by atoms with Crippen molar-refractivity contribution >= 4 is 23.6 Å². The molecule has 1 saturated heterocycles. The van der Waals surface area contributed by atoms with Crippen LogP contribution >= 0.6 is 11.8 Å². The van der Waals surface area contributed by atoms with E-state index in [1.807, 2.05) is 30.3 Å². The number of piperidine rings is 1. The van der Waals surface area contributed by atoms with Crippen LogP contribution in [-0.4, -0.2) is 54.8 Å². The number of aromatic nitrogens is 5. The van der Waals surface area contributed by atoms with E-state index in [2.05, 4.69) is 20.3 Å². The lowest BCUT2D eigenvalue weighted by Gasteiger charge is -2.30. The number of rotatable bonds is 6. The standard InChI is InChI=1S/C20H21N7O2S/c21-18(28)14-7-11-26(12-8-14)19(29)17-16(13-30-20-22-9-4-10-23-20)27(25-24-17)15-5-2-1-3-6-15/h1-6,9-10,14H,7-8,11-13H2,(H2,21,28). The van der Waals surface area contributed by atoms with E-state index in [0.717, 1.165) is 5.69 Å². The minimum absolute atomic E-state index is 0.181. The molecule has 0 spiro atoms. The van der Waals surface area contributed by atoms with E-state index < -0.39 is 0 Å². The van der Waals surface area contributed by atoms with Crippen molar-refractivity contribution < 1.29 is 9.59 Å². The summed E-state index contributed by atoms with van der Waals surface area (Å²) in [5.41, 5.74) is 7.21. The highest BCUT2D eigenvalue weighted by Gasteiger charge is 2.30. The zero-order valence-corrected chi connectivity index (χ0v) is 17.0. The molecule has 0 saturated carbocycles. The maximum Gasteiger partial charge on any atom is 0.276 e. The summed E-state index contributed by atoms with van der Waals surface area (Å²) in [6, 6.07) is 11.3. The lowest BCUT2D eigenvalue weighted by molar-refractivity contribution is -0.123. The molecule has 1 aliphatic rings. The van der Waals surface area contributed by atoms with Gasteiger partial charge in [0.2, 0.25) is 5.91 Å². The first kappa shape index (κ1) is 20.0. The van der Waals surface area contributed by atoms with Gasteiger partial charge in [-0.1, -0.05) is 35.2 Å². The number of thioether (sulfide) groups is 1. The second-order valence-corrected chi connectivity index (χ2v) is 7.86. The third-order valence-electron chi connectivity index (χ3n) is 5.03. The van der Waals surface area contributed by atoms with E-state index in [-0.39, 0.29) is 17.7 Å². The van der Waals surface area contributed by atoms with Crippen LogP contribution in [0.1, 0.15) is 29.0 Å². The van der Waals surface area contributed by atoms with Crippen molar-refractivity contribution in [2.45, 2.75) is 23.8 Å². The van der Waals surface area contributed by atoms with Crippen LogP contribution in [0.3, 0.4) is 0 Å². The van der Waals surface area contributed by atoms with Gasteiger partial charge in [0.15, 0.2) is 10.9 Å². The molecule has 0 bridgehead atoms. The Morgan fingerprint density at radius 1 is 1.07 bits per heavy atom. The highest BCUT2D eigenvalue weighted by molar-refractivity contribution is 7.98. The van der Waals surface area contributed by atoms with Crippen molar-refractivity contribution in [2.75, 3.05) is 13.1 Å². The number of nitrogens with zero attached hydrogens (tertiary/aromatic N) is 6. The van der Waals surface area contributed by atoms with Crippen LogP contribution in [0, 0.1) is 5.92 Å². The summed E-state index contributed by atoms with van der Waals surface area (Å²) < 4.78 is 1.68. The number of carbonyl (C=O) groups excluding carboxylic acids is 2. The maximum absolute atomic E-state index is 13.2. The summed E-state index contributed by atoms with van der Waals surface area (Å²) in [6.07, 6.45) is 4.49. The first-order valence-corrected chi connectivity index (χ1v) is 10.6. The average molecular weight is 424 g/mol. The fourth-order valence-electron chi connectivity index (χ4n) is 3.38. The second-order valence-electron chi connectivity index (χ2n) is 6.92. The maximum atomic E-state index is 13.2. The Kier molecular flexibility index (Phi) is 6.03. The van der Waals surface area contributed by atoms with Crippen LogP contribution in [0.2, 0.25) is 0 Å². The molecule has 0 radical (unpaired) electrons. The minimum atomic E-state index is -0.308. The van der Waals surface area contributed by atoms with Crippen LogP contribution in [0.4, 0.5) is 0 Å². The molecule has 30 heavy (non-hydrogen) atoms. The Labute approximate surface area is 177 Å². The molecular weight excluding hydrogens is 402 g/mol. The van der Waals surface area contributed by atoms with Gasteiger partial charge in [0.25, 0.3) is 5.91 Å². The monoisotopic (exact) mass is 423 g/mol. The van der Waals surface area contributed by atoms with E-state index in [1.165, 1.54) is 11.8 Å². The van der Waals surface area contributed by atoms with Crippen molar-refractivity contribution in [3.63, 3.8) is 0 Å². The molecule has 10 heteroatoms. The van der Waals surface area contributed by atoms with Crippen molar-refractivity contribution in [1.82, 2.24) is 29.9 Å². The second kappa shape index (κ2) is 9.04. The van der Waals surface area contributed by atoms with Gasteiger partial charge in [-0.2, -0.15) is 0 Å². The van der Waals surface area contributed by atoms with Crippen LogP contribution in [0.15, 0.2) is 53.9 Å². The minimum Gasteiger partial charge on any atom is -0.369 e. The molecule has 2 N–H and O–H groups in total. The van der Waals surface area contributed by atoms with Gasteiger partial charge >= 0.3 is 0 Å². The van der Waals surface area contributed by atoms with E-state index >= 15 is 0 Å². The number of para-hydroxylation sites is 1. The van der Waals surface area contributed by atoms with E-state index in [4.69, 9.17) is 5.73 Å². The smallest absolute Gasteiger partial charge is 0.276 e. The van der Waals surface area contributed by atoms with Crippen molar-refractivity contribution in [3.05, 3.63) is 60.2 Å². The largest absolute Gasteiger partial charge is 0.369 e. The number of hydrogen-bond donors (Lipinski definition) is 1. The van der Waals surface area contributed by atoms with Crippen molar-refractivity contribution in [1.29, 1.82) is 0 Å². The Morgan fingerprint density at radius 2 is 1.77 bits per heavy atom. The number of nitrogens with two attached hydrogens (primary N) is 1. The number of likely N-dealkylation sites (tertiary alicyclic amines) is 1. The van der Waals surface area contributed by atoms with E-state index in [0.29, 0.717) is 48.2 Å². The normalized spacial score (nSPS) is 14.6. The quantitative estimate of drug-likeness (QED) is 0.473. The molecule has 4 rings (SSSR count). The molecule has 3 aromatic rings. The average Bonchev–Trinajstić information content (AvgIpc) is 3.22. The number of benzene rings is 1. The van der Waals surface area contributed by atoms with Gasteiger partial charge in [0.05, 0.1) is 11.4 Å². The van der Waals surface area contributed by atoms with Gasteiger partial charge < -0.3 is 10.6 Å². The Bertz CT molecular complexity index is 1020. The molecule has 0 atom stereocenters. The SMILES string of the molecule is NC(=O)C1CCN(C(=O)c2nnn(-c3ccccc3)c2CSc2ncccn2)CC1. The molecule has 0 unspecified atom stereocenters. The zero-order valence-electron chi connectivity index (χ0n) is 16.2. The predicted molar refractivity (Wildman–Crippen MR) is 111 cm³/mol. The van der Waals surface area contributed by atoms with Gasteiger partial charge in [0.1, 0.15) is 0 Å². The zero-order chi connectivity index (χ0) is 20.9. The molecule has 1 aliphatic heterocycles. The highest BCUT2D eigenvalue weighted by Crippen LogP contribution is 2.25. The molecule has 9 nitrogen and oxygen atoms in total. The van der Waals surface area contributed by atoms with Gasteiger partial charge in [-0.3, -0.25) is 9.59 Å². The summed E-state index contributed by atoms with van der Waals surface area (Å²) in [4.78, 5) is 34.8. The Balaban J connectivity index is 1.60. The molecular formula is C20H21N7O2S. The third kappa shape index (κ3) is 4.33. The molecule has 1 aromatic carbocycles. The third-order valence-corrected chi connectivity index (χ3v) is 5.92. The summed E-state index contributed by atoms with van der Waals surface area (Å²) in [5, 5.41) is 9.07. The molecule has 1 fully saturated rings. The molecule has 3 heterocycles. The number of primary amides is 1. The fourth-order valence-corrected chi connectivity index (χ4v) is 4.18. The van der Waals surface area contributed by atoms with Gasteiger partial charge in [-0.05, 0) is 31.0 Å². The van der Waals surface area contributed by atoms with Gasteiger partial charge in [0, 0.05) is 37.2 Å². The van der Waals surface area contributed by atoms with Crippen LogP contribution in [0.5, 0.6) is 0 Å². The Hall–Kier alpha value is -3.27. The van der Waals surface area contributed by atoms with Gasteiger partial charge in [-0.25, -0.2) is 14.6 Å². The number of carbonyl (C=O) groups is 2. The molecule has 154 valence electrons. The molecule has 2 amide bonds. The van der Waals surface area contributed by atoms with Gasteiger partial charge in [-0.15, -0.1) is 5.10 Å². The Morgan fingerprint density at radius 3 is 2.43 bits per heavy atom. The first-order chi connectivity index (χ1) is 14.6. The topological polar surface area (TPSA) is 120 Å². The van der Waals surface area contributed by atoms with Crippen LogP contribution in [-0.2, 0) is 10.5 Å². The summed E-state index contributed by atoms with van der Waals surface area (Å²) in [6.45, 7) is 0.942. The summed E-state index contributed by atoms with van der Waals surface area (Å²) in [5.74, 6) is -0.244. The lowest BCUT2D eigenvalue weighted by Crippen LogP contribution is -2.42. The van der Waals surface area contributed by atoms with Crippen LogP contribution < -0.4 is 5.73 Å². The van der Waals surface area contributed by atoms with E-state index in [1.54, 1.807) is 28.0 Å². The molecule has 0 aliphatic carbocycles. The lowest BCUT2D eigenvalue weighted by atomic mass is 9.96. The number of amides is 2. The predicted octanol–water partition coefficient (Wildman–Crippen LogP) is 1.69. The first-order valence-electron chi connectivity index (χ1n) is 9.62. The van der Waals surface area contributed by atoms with Crippen molar-refractivity contribution in [3.8, 4) is 5.69 Å². The molecule has 2 aromatic heterocycles. The summed E-state index contributed by atoms with van der Waals surface area (Å²) >= 11 is 1.41. The van der Waals surface area contributed by atoms with Crippen LogP contribution in [0.25, 0.3) is 5.69 Å². The van der Waals surface area contributed by atoms with Crippen molar-refractivity contribution in [2.24, 2.45) is 11.7 Å². The number of hydrogen-bond acceptors (Lipinski definition) is 7. The highest BCUT2D eigenvalue weighted by atomic mass is 32.2. The fraction of sp³-hybridized carbons (Fsp3) is 0.300.